The lowest BCUT2D eigenvalue weighted by molar-refractivity contribution is -0.133. The van der Waals surface area contributed by atoms with Crippen LogP contribution < -0.4 is 15.4 Å². The summed E-state index contributed by atoms with van der Waals surface area (Å²) in [6.45, 7) is 2.44. The molecule has 0 radical (unpaired) electrons. The highest BCUT2D eigenvalue weighted by atomic mass is 35.5. The molecule has 2 rings (SSSR count). The van der Waals surface area contributed by atoms with Crippen LogP contribution in [0.4, 0.5) is 0 Å². The lowest BCUT2D eigenvalue weighted by atomic mass is 10.0. The number of halogens is 1. The molecule has 7 nitrogen and oxygen atoms in total. The molecule has 2 amide bonds. The zero-order valence-corrected chi connectivity index (χ0v) is 14.4. The Hall–Kier alpha value is -2.28. The molecule has 0 saturated heterocycles. The van der Waals surface area contributed by atoms with Crippen LogP contribution in [0.1, 0.15) is 25.3 Å². The second-order valence-corrected chi connectivity index (χ2v) is 5.66. The van der Waals surface area contributed by atoms with Gasteiger partial charge in [0.2, 0.25) is 12.0 Å². The van der Waals surface area contributed by atoms with E-state index < -0.39 is 6.10 Å². The molecule has 1 aliphatic rings. The van der Waals surface area contributed by atoms with Crippen LogP contribution in [0.5, 0.6) is 5.75 Å². The maximum Gasteiger partial charge on any atom is 0.264 e. The van der Waals surface area contributed by atoms with Gasteiger partial charge in [-0.3, -0.25) is 9.59 Å². The fraction of sp³-hybridized carbons (Fsp3) is 0.438. The Bertz CT molecular complexity index is 648. The number of benzene rings is 1. The van der Waals surface area contributed by atoms with Crippen LogP contribution in [-0.4, -0.2) is 43.8 Å². The van der Waals surface area contributed by atoms with Gasteiger partial charge in [-0.25, -0.2) is 0 Å². The Kier molecular flexibility index (Phi) is 6.43. The molecule has 0 unspecified atom stereocenters. The molecule has 24 heavy (non-hydrogen) atoms. The number of nitrogens with one attached hydrogen (secondary N) is 2. The number of hydrogen-bond donors (Lipinski definition) is 2. The predicted octanol–water partition coefficient (Wildman–Crippen LogP) is 1.48. The van der Waals surface area contributed by atoms with E-state index in [1.807, 2.05) is 6.92 Å². The molecule has 1 atom stereocenters. The van der Waals surface area contributed by atoms with Crippen molar-refractivity contribution in [1.29, 1.82) is 0 Å². The summed E-state index contributed by atoms with van der Waals surface area (Å²) < 4.78 is 5.16. The summed E-state index contributed by atoms with van der Waals surface area (Å²) in [5, 5.41) is 9.65. The molecule has 1 heterocycles. The van der Waals surface area contributed by atoms with Crippen LogP contribution in [0.3, 0.4) is 0 Å². The Morgan fingerprint density at radius 1 is 1.42 bits per heavy atom. The van der Waals surface area contributed by atoms with Crippen molar-refractivity contribution in [3.05, 3.63) is 28.8 Å². The topological polar surface area (TPSA) is 89.0 Å². The van der Waals surface area contributed by atoms with Gasteiger partial charge >= 0.3 is 0 Å². The zero-order valence-electron chi connectivity index (χ0n) is 13.6. The normalized spacial score (nSPS) is 16.1. The van der Waals surface area contributed by atoms with Crippen molar-refractivity contribution in [2.45, 2.75) is 25.9 Å². The number of carbonyl (C=O) groups is 2. The number of rotatable bonds is 7. The number of amides is 2. The zero-order chi connectivity index (χ0) is 17.5. The van der Waals surface area contributed by atoms with Gasteiger partial charge in [0.25, 0.3) is 5.91 Å². The number of oxime groups is 1. The first kappa shape index (κ1) is 18.1. The van der Waals surface area contributed by atoms with Crippen LogP contribution in [0, 0.1) is 0 Å². The highest BCUT2D eigenvalue weighted by molar-refractivity contribution is 6.34. The van der Waals surface area contributed by atoms with E-state index in [2.05, 4.69) is 15.8 Å². The average Bonchev–Trinajstić information content (AvgIpc) is 3.08. The third kappa shape index (κ3) is 4.61. The minimum absolute atomic E-state index is 0.0893. The summed E-state index contributed by atoms with van der Waals surface area (Å²) >= 11 is 6.17. The van der Waals surface area contributed by atoms with E-state index in [1.54, 1.807) is 25.3 Å². The van der Waals surface area contributed by atoms with Crippen molar-refractivity contribution < 1.29 is 19.2 Å². The van der Waals surface area contributed by atoms with Crippen molar-refractivity contribution in [2.75, 3.05) is 20.2 Å². The summed E-state index contributed by atoms with van der Waals surface area (Å²) in [6, 6.07) is 5.17. The molecule has 0 aromatic heterocycles. The molecule has 0 bridgehead atoms. The lowest BCUT2D eigenvalue weighted by Gasteiger charge is -2.10. The summed E-state index contributed by atoms with van der Waals surface area (Å²) in [6.07, 6.45) is 0.334. The number of methoxy groups -OCH3 is 1. The van der Waals surface area contributed by atoms with Crippen molar-refractivity contribution in [2.24, 2.45) is 5.16 Å². The predicted molar refractivity (Wildman–Crippen MR) is 90.3 cm³/mol. The monoisotopic (exact) mass is 353 g/mol. The first-order chi connectivity index (χ1) is 11.5. The van der Waals surface area contributed by atoms with Crippen molar-refractivity contribution in [3.63, 3.8) is 0 Å². The van der Waals surface area contributed by atoms with Gasteiger partial charge in [-0.05, 0) is 24.6 Å². The van der Waals surface area contributed by atoms with Crippen LogP contribution in [0.2, 0.25) is 5.02 Å². The molecule has 8 heteroatoms. The maximum absolute atomic E-state index is 12.1. The van der Waals surface area contributed by atoms with Gasteiger partial charge in [0, 0.05) is 18.5 Å². The Morgan fingerprint density at radius 2 is 2.21 bits per heavy atom. The average molecular weight is 354 g/mol. The van der Waals surface area contributed by atoms with E-state index in [4.69, 9.17) is 21.2 Å². The van der Waals surface area contributed by atoms with Crippen LogP contribution >= 0.6 is 11.6 Å². The summed E-state index contributed by atoms with van der Waals surface area (Å²) in [7, 11) is 1.56. The van der Waals surface area contributed by atoms with Crippen LogP contribution in [0.15, 0.2) is 23.4 Å². The number of ether oxygens (including phenoxy) is 1. The van der Waals surface area contributed by atoms with Gasteiger partial charge in [0.15, 0.2) is 0 Å². The molecule has 2 N–H and O–H groups in total. The third-order valence-corrected chi connectivity index (χ3v) is 3.77. The van der Waals surface area contributed by atoms with Crippen molar-refractivity contribution in [1.82, 2.24) is 10.6 Å². The van der Waals surface area contributed by atoms with Crippen LogP contribution in [0.25, 0.3) is 0 Å². The minimum atomic E-state index is -0.777. The summed E-state index contributed by atoms with van der Waals surface area (Å²) in [4.78, 5) is 28.7. The second kappa shape index (κ2) is 8.54. The van der Waals surface area contributed by atoms with E-state index >= 15 is 0 Å². The van der Waals surface area contributed by atoms with Crippen molar-refractivity contribution in [3.8, 4) is 5.75 Å². The lowest BCUT2D eigenvalue weighted by Crippen LogP contribution is -2.41. The fourth-order valence-electron chi connectivity index (χ4n) is 2.14. The van der Waals surface area contributed by atoms with Crippen LogP contribution in [-0.2, 0) is 14.4 Å². The SMILES string of the molecule is CCCNC(=O)CNC(=O)[C@H]1CC(c2cc(OC)ccc2Cl)=NO1. The smallest absolute Gasteiger partial charge is 0.264 e. The van der Waals surface area contributed by atoms with Gasteiger partial charge in [0.05, 0.1) is 24.4 Å². The maximum atomic E-state index is 12.1. The first-order valence-electron chi connectivity index (χ1n) is 7.66. The first-order valence-corrected chi connectivity index (χ1v) is 8.04. The van der Waals surface area contributed by atoms with E-state index in [1.165, 1.54) is 0 Å². The van der Waals surface area contributed by atoms with Gasteiger partial charge in [-0.2, -0.15) is 0 Å². The van der Waals surface area contributed by atoms with Gasteiger partial charge in [0.1, 0.15) is 5.75 Å². The minimum Gasteiger partial charge on any atom is -0.497 e. The Morgan fingerprint density at radius 3 is 2.92 bits per heavy atom. The Balaban J connectivity index is 1.90. The quantitative estimate of drug-likeness (QED) is 0.777. The molecule has 0 aliphatic carbocycles. The van der Waals surface area contributed by atoms with Crippen molar-refractivity contribution >= 4 is 29.1 Å². The Labute approximate surface area is 145 Å². The molecule has 1 aromatic carbocycles. The molecule has 1 aliphatic heterocycles. The van der Waals surface area contributed by atoms with Gasteiger partial charge in [-0.15, -0.1) is 0 Å². The number of nitrogens with zero attached hydrogens (tertiary/aromatic N) is 1. The second-order valence-electron chi connectivity index (χ2n) is 5.25. The van der Waals surface area contributed by atoms with Gasteiger partial charge < -0.3 is 20.2 Å². The van der Waals surface area contributed by atoms with E-state index in [-0.39, 0.29) is 24.8 Å². The molecule has 0 spiro atoms. The van der Waals surface area contributed by atoms with Gasteiger partial charge in [-0.1, -0.05) is 23.7 Å². The fourth-order valence-corrected chi connectivity index (χ4v) is 2.36. The van der Waals surface area contributed by atoms with E-state index in [0.717, 1.165) is 6.42 Å². The standard InChI is InChI=1S/C16H20ClN3O4/c1-3-6-18-15(21)9-19-16(22)14-8-13(20-24-14)11-7-10(23-2)4-5-12(11)17/h4-5,7,14H,3,6,8-9H2,1-2H3,(H,18,21)(H,19,22)/t14-/m1/s1. The number of carbonyl (C=O) groups excluding carboxylic acids is 2. The highest BCUT2D eigenvalue weighted by Crippen LogP contribution is 2.26. The summed E-state index contributed by atoms with van der Waals surface area (Å²) in [5.74, 6) is 0.0113. The molecule has 130 valence electrons. The number of hydrogen-bond acceptors (Lipinski definition) is 5. The van der Waals surface area contributed by atoms with E-state index in [9.17, 15) is 9.59 Å². The molecule has 0 fully saturated rings. The van der Waals surface area contributed by atoms with E-state index in [0.29, 0.717) is 28.6 Å². The summed E-state index contributed by atoms with van der Waals surface area (Å²) in [5.41, 5.74) is 1.22. The highest BCUT2D eigenvalue weighted by Gasteiger charge is 2.30. The molecular formula is C16H20ClN3O4. The molecule has 1 aromatic rings. The third-order valence-electron chi connectivity index (χ3n) is 3.44. The molecular weight excluding hydrogens is 334 g/mol. The molecule has 0 saturated carbocycles. The largest absolute Gasteiger partial charge is 0.497 e.